The Morgan fingerprint density at radius 1 is 1.00 bits per heavy atom. The van der Waals surface area contributed by atoms with Crippen molar-refractivity contribution in [2.45, 2.75) is 25.8 Å². The van der Waals surface area contributed by atoms with Crippen molar-refractivity contribution in [1.82, 2.24) is 9.88 Å². The van der Waals surface area contributed by atoms with Crippen molar-refractivity contribution in [2.24, 2.45) is 11.8 Å². The van der Waals surface area contributed by atoms with Crippen molar-refractivity contribution in [2.75, 3.05) is 33.4 Å². The highest BCUT2D eigenvalue weighted by molar-refractivity contribution is 5.81. The highest BCUT2D eigenvalue weighted by Crippen LogP contribution is 2.40. The van der Waals surface area contributed by atoms with Crippen LogP contribution >= 0.6 is 0 Å². The molecule has 6 nitrogen and oxygen atoms in total. The van der Waals surface area contributed by atoms with E-state index in [1.165, 1.54) is 32.4 Å². The topological polar surface area (TPSA) is 67.6 Å². The number of likely N-dealkylation sites (tertiary alicyclic amines) is 1. The van der Waals surface area contributed by atoms with Gasteiger partial charge in [0.15, 0.2) is 11.5 Å². The Hall–Kier alpha value is -3.56. The third-order valence-electron chi connectivity index (χ3n) is 7.63. The van der Waals surface area contributed by atoms with Crippen LogP contribution in [0.5, 0.6) is 17.4 Å². The van der Waals surface area contributed by atoms with Crippen molar-refractivity contribution in [3.63, 3.8) is 0 Å². The summed E-state index contributed by atoms with van der Waals surface area (Å²) in [5.41, 5.74) is 4.96. The molecular weight excluding hydrogens is 438 g/mol. The summed E-state index contributed by atoms with van der Waals surface area (Å²) in [6, 6.07) is 18.2. The van der Waals surface area contributed by atoms with Gasteiger partial charge in [-0.2, -0.15) is 5.26 Å². The smallest absolute Gasteiger partial charge is 0.218 e. The third kappa shape index (κ3) is 4.11. The van der Waals surface area contributed by atoms with Crippen LogP contribution in [0.15, 0.2) is 48.5 Å². The Bertz CT molecular complexity index is 1290. The van der Waals surface area contributed by atoms with Gasteiger partial charge in [-0.15, -0.1) is 0 Å². The number of pyridine rings is 1. The molecule has 178 valence electrons. The van der Waals surface area contributed by atoms with Crippen molar-refractivity contribution in [3.05, 3.63) is 59.7 Å². The molecule has 35 heavy (non-hydrogen) atoms. The van der Waals surface area contributed by atoms with Crippen LogP contribution in [0.3, 0.4) is 0 Å². The summed E-state index contributed by atoms with van der Waals surface area (Å²) < 4.78 is 17.1. The number of methoxy groups -OCH3 is 1. The first-order chi connectivity index (χ1) is 17.2. The fraction of sp³-hybridized carbons (Fsp3) is 0.379. The molecule has 1 saturated heterocycles. The Balaban J connectivity index is 1.31. The van der Waals surface area contributed by atoms with E-state index in [0.29, 0.717) is 30.4 Å². The maximum absolute atomic E-state index is 10.1. The molecule has 2 aliphatic heterocycles. The second kappa shape index (κ2) is 9.24. The zero-order valence-electron chi connectivity index (χ0n) is 20.0. The number of nitriles is 1. The van der Waals surface area contributed by atoms with Crippen molar-refractivity contribution in [3.8, 4) is 45.8 Å². The summed E-state index contributed by atoms with van der Waals surface area (Å²) >= 11 is 0. The van der Waals surface area contributed by atoms with Crippen LogP contribution in [-0.4, -0.2) is 43.3 Å². The van der Waals surface area contributed by atoms with Gasteiger partial charge < -0.3 is 14.2 Å². The van der Waals surface area contributed by atoms with E-state index in [9.17, 15) is 5.26 Å². The summed E-state index contributed by atoms with van der Waals surface area (Å²) in [4.78, 5) is 7.38. The minimum Gasteiger partial charge on any atom is -0.486 e. The van der Waals surface area contributed by atoms with Crippen molar-refractivity contribution < 1.29 is 14.2 Å². The average Bonchev–Trinajstić information content (AvgIpc) is 3.50. The van der Waals surface area contributed by atoms with Crippen molar-refractivity contribution in [1.29, 1.82) is 5.26 Å². The predicted octanol–water partition coefficient (Wildman–Crippen LogP) is 5.30. The lowest BCUT2D eigenvalue weighted by molar-refractivity contribution is 0.171. The van der Waals surface area contributed by atoms with Crippen LogP contribution in [0.25, 0.3) is 22.4 Å². The fourth-order valence-electron chi connectivity index (χ4n) is 5.96. The molecule has 3 aliphatic rings. The molecule has 6 rings (SSSR count). The van der Waals surface area contributed by atoms with Gasteiger partial charge in [0, 0.05) is 36.3 Å². The Morgan fingerprint density at radius 2 is 1.77 bits per heavy atom. The van der Waals surface area contributed by atoms with Gasteiger partial charge in [0.2, 0.25) is 5.88 Å². The molecule has 2 unspecified atom stereocenters. The molecule has 0 N–H and O–H groups in total. The third-order valence-corrected chi connectivity index (χ3v) is 7.63. The van der Waals surface area contributed by atoms with E-state index in [1.54, 1.807) is 7.11 Å². The monoisotopic (exact) mass is 467 g/mol. The van der Waals surface area contributed by atoms with Gasteiger partial charge >= 0.3 is 0 Å². The number of hydrogen-bond acceptors (Lipinski definition) is 6. The van der Waals surface area contributed by atoms with E-state index in [1.807, 2.05) is 42.5 Å². The SMILES string of the molecule is COc1nc(-c2cccc(-c3ccc4c(c3)OCCO4)c2C#N)ccc1CN1CC2CCCC2C1. The maximum Gasteiger partial charge on any atom is 0.218 e. The summed E-state index contributed by atoms with van der Waals surface area (Å²) in [5.74, 6) is 3.79. The summed E-state index contributed by atoms with van der Waals surface area (Å²) in [5, 5.41) is 10.1. The summed E-state index contributed by atoms with van der Waals surface area (Å²) in [6.07, 6.45) is 4.12. The molecule has 2 aromatic carbocycles. The van der Waals surface area contributed by atoms with Gasteiger partial charge in [-0.1, -0.05) is 36.8 Å². The first kappa shape index (κ1) is 21.9. The fourth-order valence-corrected chi connectivity index (χ4v) is 5.96. The van der Waals surface area contributed by atoms with E-state index < -0.39 is 0 Å². The van der Waals surface area contributed by atoms with Gasteiger partial charge in [0.25, 0.3) is 0 Å². The molecule has 0 radical (unpaired) electrons. The quantitative estimate of drug-likeness (QED) is 0.507. The van der Waals surface area contributed by atoms with E-state index in [2.05, 4.69) is 17.0 Å². The van der Waals surface area contributed by atoms with Crippen LogP contribution in [0.2, 0.25) is 0 Å². The highest BCUT2D eigenvalue weighted by Gasteiger charge is 2.36. The van der Waals surface area contributed by atoms with Crippen LogP contribution in [-0.2, 0) is 6.54 Å². The van der Waals surface area contributed by atoms with Crippen molar-refractivity contribution >= 4 is 0 Å². The molecule has 0 bridgehead atoms. The molecule has 3 heterocycles. The average molecular weight is 468 g/mol. The zero-order chi connectivity index (χ0) is 23.8. The van der Waals surface area contributed by atoms with Gasteiger partial charge in [-0.3, -0.25) is 4.90 Å². The molecule has 2 fully saturated rings. The number of hydrogen-bond donors (Lipinski definition) is 0. The molecule has 1 aliphatic carbocycles. The van der Waals surface area contributed by atoms with Gasteiger partial charge in [0.05, 0.1) is 18.4 Å². The number of fused-ring (bicyclic) bond motifs is 2. The van der Waals surface area contributed by atoms with Crippen LogP contribution < -0.4 is 14.2 Å². The van der Waals surface area contributed by atoms with E-state index in [4.69, 9.17) is 19.2 Å². The normalized spacial score (nSPS) is 20.9. The highest BCUT2D eigenvalue weighted by atomic mass is 16.6. The molecular formula is C29H29N3O3. The Kier molecular flexibility index (Phi) is 5.79. The summed E-state index contributed by atoms with van der Waals surface area (Å²) in [6.45, 7) is 4.27. The summed E-state index contributed by atoms with van der Waals surface area (Å²) in [7, 11) is 1.67. The first-order valence-electron chi connectivity index (χ1n) is 12.4. The molecule has 3 aromatic rings. The molecule has 1 aromatic heterocycles. The number of benzene rings is 2. The van der Waals surface area contributed by atoms with E-state index in [-0.39, 0.29) is 0 Å². The van der Waals surface area contributed by atoms with E-state index in [0.717, 1.165) is 52.1 Å². The zero-order valence-corrected chi connectivity index (χ0v) is 20.0. The molecule has 2 atom stereocenters. The lowest BCUT2D eigenvalue weighted by atomic mass is 9.94. The van der Waals surface area contributed by atoms with Crippen LogP contribution in [0.4, 0.5) is 0 Å². The van der Waals surface area contributed by atoms with Crippen LogP contribution in [0.1, 0.15) is 30.4 Å². The molecule has 0 amide bonds. The van der Waals surface area contributed by atoms with E-state index >= 15 is 0 Å². The largest absolute Gasteiger partial charge is 0.486 e. The standard InChI is InChI=1S/C29H29N3O3/c1-33-29-22(18-32-16-20-4-2-5-21(20)17-32)8-10-26(31-29)24-7-3-6-23(25(24)15-30)19-9-11-27-28(14-19)35-13-12-34-27/h3,6-11,14,20-21H,2,4-5,12-13,16-18H2,1H3. The van der Waals surface area contributed by atoms with Crippen LogP contribution in [0, 0.1) is 23.2 Å². The number of ether oxygens (including phenoxy) is 3. The Labute approximate surface area is 206 Å². The molecule has 1 saturated carbocycles. The molecule has 6 heteroatoms. The predicted molar refractivity (Wildman–Crippen MR) is 133 cm³/mol. The lowest BCUT2D eigenvalue weighted by Gasteiger charge is -2.20. The lowest BCUT2D eigenvalue weighted by Crippen LogP contribution is -2.21. The maximum atomic E-state index is 10.1. The number of rotatable bonds is 5. The second-order valence-electron chi connectivity index (χ2n) is 9.71. The number of nitrogens with zero attached hydrogens (tertiary/aromatic N) is 3. The van der Waals surface area contributed by atoms with Gasteiger partial charge in [-0.05, 0) is 48.4 Å². The van der Waals surface area contributed by atoms with Gasteiger partial charge in [0.1, 0.15) is 19.3 Å². The molecule has 0 spiro atoms. The number of aromatic nitrogens is 1. The minimum absolute atomic E-state index is 0.524. The first-order valence-corrected chi connectivity index (χ1v) is 12.4. The second-order valence-corrected chi connectivity index (χ2v) is 9.71. The Morgan fingerprint density at radius 3 is 2.54 bits per heavy atom. The van der Waals surface area contributed by atoms with Gasteiger partial charge in [-0.25, -0.2) is 4.98 Å². The minimum atomic E-state index is 0.524.